The van der Waals surface area contributed by atoms with Crippen molar-refractivity contribution in [3.63, 3.8) is 0 Å². The molecule has 54 heavy (non-hydrogen) atoms. The summed E-state index contributed by atoms with van der Waals surface area (Å²) in [5.41, 5.74) is 0.931. The molecule has 12 nitrogen and oxygen atoms in total. The number of anilines is 2. The van der Waals surface area contributed by atoms with Crippen LogP contribution in [0.15, 0.2) is 91.3 Å². The number of nitrogens with zero attached hydrogens (tertiary/aromatic N) is 10. The predicted octanol–water partition coefficient (Wildman–Crippen LogP) is 5.37. The number of halogens is 5. The van der Waals surface area contributed by atoms with E-state index in [1.807, 2.05) is 43.3 Å². The molecule has 3 aromatic heterocycles. The Morgan fingerprint density at radius 1 is 0.870 bits per heavy atom. The molecule has 0 amide bonds. The van der Waals surface area contributed by atoms with Gasteiger partial charge in [0.25, 0.3) is 5.92 Å². The number of hydrogen-bond acceptors (Lipinski definition) is 10. The van der Waals surface area contributed by atoms with Crippen LogP contribution < -0.4 is 9.80 Å². The van der Waals surface area contributed by atoms with Crippen LogP contribution in [0.3, 0.4) is 0 Å². The zero-order valence-corrected chi connectivity index (χ0v) is 28.9. The fourth-order valence-corrected chi connectivity index (χ4v) is 7.50. The summed E-state index contributed by atoms with van der Waals surface area (Å²) in [5.74, 6) is -4.40. The van der Waals surface area contributed by atoms with Gasteiger partial charge in [-0.25, -0.2) is 23.1 Å². The molecule has 4 unspecified atom stereocenters. The first-order valence-corrected chi connectivity index (χ1v) is 17.4. The summed E-state index contributed by atoms with van der Waals surface area (Å²) in [5, 5.41) is 39.8. The molecule has 0 spiro atoms. The Morgan fingerprint density at radius 3 is 2.28 bits per heavy atom. The van der Waals surface area contributed by atoms with Gasteiger partial charge in [0.05, 0.1) is 24.6 Å². The molecule has 1 saturated heterocycles. The number of rotatable bonds is 7. The van der Waals surface area contributed by atoms with Crippen molar-refractivity contribution >= 4 is 16.9 Å². The number of benzene rings is 2. The second-order valence-electron chi connectivity index (χ2n) is 13.9. The fourth-order valence-electron chi connectivity index (χ4n) is 7.50. The van der Waals surface area contributed by atoms with Crippen molar-refractivity contribution in [3.05, 3.63) is 108 Å². The van der Waals surface area contributed by atoms with E-state index in [4.69, 9.17) is 0 Å². The first-order chi connectivity index (χ1) is 25.8. The number of aliphatic hydroxyl groups is 2. The number of tetrazole rings is 1. The average molecular weight is 747 g/mol. The highest BCUT2D eigenvalue weighted by Gasteiger charge is 2.60. The van der Waals surface area contributed by atoms with Gasteiger partial charge in [-0.2, -0.15) is 13.2 Å². The summed E-state index contributed by atoms with van der Waals surface area (Å²) in [6.07, 6.45) is 0.405. The van der Waals surface area contributed by atoms with E-state index in [9.17, 15) is 23.4 Å². The van der Waals surface area contributed by atoms with Crippen molar-refractivity contribution in [2.75, 3.05) is 36.0 Å². The highest BCUT2D eigenvalue weighted by molar-refractivity contribution is 5.76. The summed E-state index contributed by atoms with van der Waals surface area (Å²) in [4.78, 5) is 8.74. The van der Waals surface area contributed by atoms with E-state index in [-0.39, 0.29) is 23.7 Å². The minimum Gasteiger partial charge on any atom is -0.378 e. The Bertz CT molecular complexity index is 2190. The van der Waals surface area contributed by atoms with Gasteiger partial charge in [0.15, 0.2) is 23.3 Å². The topological polar surface area (TPSA) is 134 Å². The molecular weight excluding hydrogens is 711 g/mol. The Morgan fingerprint density at radius 2 is 1.57 bits per heavy atom. The molecule has 1 aliphatic carbocycles. The molecule has 0 bridgehead atoms. The third-order valence-electron chi connectivity index (χ3n) is 10.4. The molecule has 8 rings (SSSR count). The normalized spacial score (nSPS) is 22.3. The van der Waals surface area contributed by atoms with E-state index in [0.29, 0.717) is 24.5 Å². The van der Waals surface area contributed by atoms with Crippen LogP contribution in [0.2, 0.25) is 0 Å². The molecule has 0 radical (unpaired) electrons. The highest BCUT2D eigenvalue weighted by Crippen LogP contribution is 2.51. The summed E-state index contributed by atoms with van der Waals surface area (Å²) < 4.78 is 74.1. The Balaban J connectivity index is 0.912. The van der Waals surface area contributed by atoms with Crippen molar-refractivity contribution in [1.29, 1.82) is 0 Å². The van der Waals surface area contributed by atoms with Crippen LogP contribution in [0.5, 0.6) is 0 Å². The molecule has 5 heterocycles. The van der Waals surface area contributed by atoms with Gasteiger partial charge in [-0.05, 0) is 58.2 Å². The molecule has 280 valence electrons. The number of fused-ring (bicyclic) bond motifs is 3. The highest BCUT2D eigenvalue weighted by atomic mass is 19.4. The largest absolute Gasteiger partial charge is 0.420 e. The molecule has 2 N–H and O–H groups in total. The minimum absolute atomic E-state index is 0.108. The summed E-state index contributed by atoms with van der Waals surface area (Å²) in [7, 11) is 0. The van der Waals surface area contributed by atoms with Crippen LogP contribution in [-0.2, 0) is 12.1 Å². The lowest BCUT2D eigenvalue weighted by molar-refractivity contribution is -0.220. The smallest absolute Gasteiger partial charge is 0.378 e. The molecule has 5 aromatic rings. The van der Waals surface area contributed by atoms with Crippen LogP contribution in [0.1, 0.15) is 36.3 Å². The second-order valence-corrected chi connectivity index (χ2v) is 13.9. The fraction of sp³-hybridized carbons (Fsp3) is 0.351. The maximum Gasteiger partial charge on any atom is 0.420 e. The minimum atomic E-state index is -4.85. The molecule has 17 heteroatoms. The van der Waals surface area contributed by atoms with Gasteiger partial charge in [0.2, 0.25) is 0 Å². The van der Waals surface area contributed by atoms with E-state index < -0.39 is 42.0 Å². The first-order valence-electron chi connectivity index (χ1n) is 17.4. The third-order valence-corrected chi connectivity index (χ3v) is 10.4. The Kier molecular flexibility index (Phi) is 8.80. The lowest BCUT2D eigenvalue weighted by Gasteiger charge is -2.42. The van der Waals surface area contributed by atoms with E-state index in [0.717, 1.165) is 46.5 Å². The van der Waals surface area contributed by atoms with Gasteiger partial charge in [0, 0.05) is 48.9 Å². The van der Waals surface area contributed by atoms with Crippen LogP contribution in [-0.4, -0.2) is 88.7 Å². The maximum atomic E-state index is 16.6. The zero-order valence-electron chi connectivity index (χ0n) is 28.9. The molecule has 2 aliphatic heterocycles. The average Bonchev–Trinajstić information content (AvgIpc) is 3.81. The van der Waals surface area contributed by atoms with Crippen molar-refractivity contribution in [2.24, 2.45) is 11.8 Å². The van der Waals surface area contributed by atoms with Crippen LogP contribution >= 0.6 is 0 Å². The lowest BCUT2D eigenvalue weighted by atomic mass is 9.75. The quantitative estimate of drug-likeness (QED) is 0.210. The first kappa shape index (κ1) is 35.5. The number of hydrogen-bond donors (Lipinski definition) is 2. The van der Waals surface area contributed by atoms with E-state index >= 15 is 8.78 Å². The maximum absolute atomic E-state index is 16.6. The van der Waals surface area contributed by atoms with Crippen molar-refractivity contribution < 1.29 is 32.2 Å². The number of allylic oxidation sites excluding steroid dienone is 4. The molecule has 4 atom stereocenters. The number of pyridine rings is 1. The van der Waals surface area contributed by atoms with Gasteiger partial charge in [-0.1, -0.05) is 66.8 Å². The van der Waals surface area contributed by atoms with E-state index in [2.05, 4.69) is 40.6 Å². The van der Waals surface area contributed by atoms with Crippen molar-refractivity contribution in [2.45, 2.75) is 43.7 Å². The predicted molar refractivity (Wildman–Crippen MR) is 188 cm³/mol. The SMILES string of the molecule is CC1C=C(c2ccc(N3CCN(c4ccc(-n5cc(C(O)C(F)(F)F)nn5)nc4)CC3)cc2)C=CC(C(F)(F)C2(O)Cn3nnnc3-c3ccccc32)C1. The Hall–Kier alpha value is -5.55. The van der Waals surface area contributed by atoms with Crippen molar-refractivity contribution in [1.82, 2.24) is 40.2 Å². The molecule has 2 aromatic carbocycles. The van der Waals surface area contributed by atoms with E-state index in [1.54, 1.807) is 36.5 Å². The van der Waals surface area contributed by atoms with Crippen LogP contribution in [0.25, 0.3) is 22.8 Å². The van der Waals surface area contributed by atoms with Gasteiger partial charge in [-0.3, -0.25) is 0 Å². The number of piperazine rings is 1. The summed E-state index contributed by atoms with van der Waals surface area (Å²) in [6, 6.07) is 17.9. The molecular formula is C37H35F5N10O2. The van der Waals surface area contributed by atoms with Gasteiger partial charge < -0.3 is 20.0 Å². The standard InChI is InChI=1S/C37H35F5N10O2/c1-23-18-25(6-9-26(19-23)36(38,39)35(54)22-52-34(45-46-48-52)29-4-2-3-5-30(29)35)24-7-10-27(11-8-24)49-14-16-50(17-15-49)28-12-13-32(43-20-28)51-21-31(44-47-51)33(53)37(40,41)42/h2-13,18,20-21,23,26,33,53-54H,14-17,19,22H2,1H3. The van der Waals surface area contributed by atoms with Gasteiger partial charge in [-0.15, -0.1) is 10.2 Å². The van der Waals surface area contributed by atoms with Crippen LogP contribution in [0.4, 0.5) is 33.3 Å². The lowest BCUT2D eigenvalue weighted by Crippen LogP contribution is -2.54. The molecule has 3 aliphatic rings. The molecule has 0 saturated carbocycles. The van der Waals surface area contributed by atoms with Crippen molar-refractivity contribution in [3.8, 4) is 17.2 Å². The van der Waals surface area contributed by atoms with Gasteiger partial charge in [0.1, 0.15) is 5.69 Å². The third kappa shape index (κ3) is 6.30. The number of aliphatic hydroxyl groups excluding tert-OH is 1. The number of alkyl halides is 5. The van der Waals surface area contributed by atoms with E-state index in [1.165, 1.54) is 16.8 Å². The Labute approximate surface area is 305 Å². The zero-order chi connectivity index (χ0) is 37.8. The summed E-state index contributed by atoms with van der Waals surface area (Å²) in [6.45, 7) is 4.26. The second kappa shape index (κ2) is 13.4. The van der Waals surface area contributed by atoms with Crippen LogP contribution in [0, 0.1) is 11.8 Å². The van der Waals surface area contributed by atoms with Gasteiger partial charge >= 0.3 is 6.18 Å². The molecule has 1 fully saturated rings. The monoisotopic (exact) mass is 746 g/mol. The number of aromatic nitrogens is 8. The summed E-state index contributed by atoms with van der Waals surface area (Å²) >= 11 is 0.